The fraction of sp³-hybridized carbons (Fsp3) is 0.0156. The molecular weight excluding hydrogens is 857 g/mol. The summed E-state index contributed by atoms with van der Waals surface area (Å²) in [6.07, 6.45) is 0. The zero-order chi connectivity index (χ0) is 45.9. The van der Waals surface area contributed by atoms with E-state index in [2.05, 4.69) is 187 Å². The van der Waals surface area contributed by atoms with Crippen LogP contribution < -0.4 is 4.74 Å². The molecule has 0 atom stereocenters. The van der Waals surface area contributed by atoms with Gasteiger partial charge in [0.05, 0.1) is 16.4 Å². The maximum absolute atomic E-state index is 6.74. The lowest BCUT2D eigenvalue weighted by atomic mass is 9.66. The van der Waals surface area contributed by atoms with Crippen molar-refractivity contribution in [3.8, 4) is 73.6 Å². The van der Waals surface area contributed by atoms with Crippen LogP contribution in [-0.2, 0) is 5.41 Å². The Kier molecular flexibility index (Phi) is 8.18. The van der Waals surface area contributed by atoms with Crippen LogP contribution in [0.1, 0.15) is 22.3 Å². The molecule has 0 saturated heterocycles. The summed E-state index contributed by atoms with van der Waals surface area (Å²) < 4.78 is 15.6. The molecule has 0 saturated carbocycles. The molecule has 15 rings (SSSR count). The Morgan fingerprint density at radius 3 is 1.66 bits per heavy atom. The highest BCUT2D eigenvalue weighted by Crippen LogP contribution is 2.63. The van der Waals surface area contributed by atoms with Crippen molar-refractivity contribution in [2.45, 2.75) is 5.41 Å². The molecule has 1 spiro atoms. The van der Waals surface area contributed by atoms with Crippen LogP contribution in [0.5, 0.6) is 11.5 Å². The summed E-state index contributed by atoms with van der Waals surface area (Å²) in [4.78, 5) is 15.7. The minimum atomic E-state index is -0.701. The van der Waals surface area contributed by atoms with Gasteiger partial charge >= 0.3 is 0 Å². The molecule has 0 fully saturated rings. The molecule has 0 bridgehead atoms. The summed E-state index contributed by atoms with van der Waals surface area (Å²) in [6.45, 7) is 0. The van der Waals surface area contributed by atoms with Gasteiger partial charge in [0.25, 0.3) is 0 Å². The highest BCUT2D eigenvalue weighted by atomic mass is 16.5. The lowest BCUT2D eigenvalue weighted by Gasteiger charge is -2.39. The summed E-state index contributed by atoms with van der Waals surface area (Å²) in [7, 11) is 0. The molecule has 6 nitrogen and oxygen atoms in total. The van der Waals surface area contributed by atoms with Gasteiger partial charge in [-0.15, -0.1) is 0 Å². The first-order valence-electron chi connectivity index (χ1n) is 23.7. The molecule has 13 aromatic rings. The fourth-order valence-corrected chi connectivity index (χ4v) is 11.5. The highest BCUT2D eigenvalue weighted by Gasteiger charge is 2.52. The summed E-state index contributed by atoms with van der Waals surface area (Å²) in [6, 6.07) is 81.4. The van der Waals surface area contributed by atoms with Crippen molar-refractivity contribution >= 4 is 43.7 Å². The number of aromatic nitrogens is 4. The van der Waals surface area contributed by atoms with E-state index in [4.69, 9.17) is 24.1 Å². The maximum atomic E-state index is 6.74. The zero-order valence-electron chi connectivity index (χ0n) is 37.5. The quantitative estimate of drug-likeness (QED) is 0.172. The molecule has 1 aliphatic heterocycles. The van der Waals surface area contributed by atoms with E-state index in [1.54, 1.807) is 0 Å². The molecule has 0 N–H and O–H groups in total. The van der Waals surface area contributed by atoms with Crippen molar-refractivity contribution < 1.29 is 9.15 Å². The van der Waals surface area contributed by atoms with Crippen LogP contribution in [0.3, 0.4) is 0 Å². The Balaban J connectivity index is 1.00. The number of furan rings is 1. The van der Waals surface area contributed by atoms with Crippen LogP contribution in [0.4, 0.5) is 0 Å². The van der Waals surface area contributed by atoms with Gasteiger partial charge in [-0.2, -0.15) is 0 Å². The molecule has 70 heavy (non-hydrogen) atoms. The van der Waals surface area contributed by atoms with Gasteiger partial charge in [-0.1, -0.05) is 170 Å². The van der Waals surface area contributed by atoms with E-state index >= 15 is 0 Å². The fourth-order valence-electron chi connectivity index (χ4n) is 11.5. The lowest BCUT2D eigenvalue weighted by molar-refractivity contribution is 0.436. The number of benzene rings is 10. The van der Waals surface area contributed by atoms with E-state index < -0.39 is 5.41 Å². The van der Waals surface area contributed by atoms with Gasteiger partial charge < -0.3 is 13.7 Å². The number of hydrogen-bond donors (Lipinski definition) is 0. The monoisotopic (exact) mass is 894 g/mol. The van der Waals surface area contributed by atoms with E-state index in [1.807, 2.05) is 48.5 Å². The lowest BCUT2D eigenvalue weighted by Crippen LogP contribution is -2.32. The van der Waals surface area contributed by atoms with E-state index in [-0.39, 0.29) is 0 Å². The number of fused-ring (bicyclic) bond motifs is 15. The Morgan fingerprint density at radius 1 is 0.343 bits per heavy atom. The third kappa shape index (κ3) is 5.53. The molecule has 2 aliphatic rings. The minimum Gasteiger partial charge on any atom is -0.457 e. The smallest absolute Gasteiger partial charge is 0.164 e. The molecule has 1 aliphatic carbocycles. The normalized spacial score (nSPS) is 13.1. The minimum absolute atomic E-state index is 0.610. The van der Waals surface area contributed by atoms with Gasteiger partial charge in [0.15, 0.2) is 17.5 Å². The van der Waals surface area contributed by atoms with E-state index in [0.29, 0.717) is 17.5 Å². The maximum Gasteiger partial charge on any atom is 0.164 e. The standard InChI is InChI=1S/C64H38N4O2/c1-4-17-39(18-5-1)61-65-62(40-19-6-2-7-20-40)67-63(66-61)45-24-16-27-53-60(45)49-36-41(31-33-50(49)64(53)51-25-11-14-29-57(51)70-58-30-15-12-26-52(58)64)42-32-34-54-46(35-42)47-38-59-48(44-23-10-13-28-56(44)69-59)37-55(47)68(54)43-21-8-3-9-22-43/h1-38H. The Labute approximate surface area is 402 Å². The average Bonchev–Trinajstić information content (AvgIpc) is 4.06. The van der Waals surface area contributed by atoms with Crippen LogP contribution in [0.25, 0.3) is 106 Å². The first kappa shape index (κ1) is 38.7. The molecule has 3 aromatic heterocycles. The van der Waals surface area contributed by atoms with Crippen molar-refractivity contribution in [2.75, 3.05) is 0 Å². The van der Waals surface area contributed by atoms with Gasteiger partial charge in [0, 0.05) is 55.0 Å². The largest absolute Gasteiger partial charge is 0.457 e. The molecule has 326 valence electrons. The SMILES string of the molecule is c1ccc(-c2nc(-c3ccccc3)nc(-c3cccc4c3-c3cc(-c5ccc6c(c5)c5cc7oc8ccccc8c7cc5n6-c5ccccc5)ccc3C43c4ccccc4Oc4ccccc43)n2)cc1. The van der Waals surface area contributed by atoms with E-state index in [9.17, 15) is 0 Å². The Morgan fingerprint density at radius 2 is 0.929 bits per heavy atom. The third-order valence-corrected chi connectivity index (χ3v) is 14.5. The van der Waals surface area contributed by atoms with Crippen LogP contribution in [-0.4, -0.2) is 19.5 Å². The summed E-state index contributed by atoms with van der Waals surface area (Å²) in [5.41, 5.74) is 16.1. The highest BCUT2D eigenvalue weighted by molar-refractivity contribution is 6.17. The second-order valence-corrected chi connectivity index (χ2v) is 18.2. The topological polar surface area (TPSA) is 66.0 Å². The van der Waals surface area contributed by atoms with Crippen molar-refractivity contribution in [3.63, 3.8) is 0 Å². The van der Waals surface area contributed by atoms with Gasteiger partial charge in [0.2, 0.25) is 0 Å². The number of rotatable bonds is 5. The number of para-hydroxylation sites is 4. The summed E-state index contributed by atoms with van der Waals surface area (Å²) in [5, 5.41) is 4.50. The molecule has 10 aromatic carbocycles. The van der Waals surface area contributed by atoms with Gasteiger partial charge in [-0.05, 0) is 94.0 Å². The second kappa shape index (κ2) is 14.8. The van der Waals surface area contributed by atoms with E-state index in [0.717, 1.165) is 117 Å². The molecule has 6 heteroatoms. The molecule has 0 unspecified atom stereocenters. The Bertz CT molecular complexity index is 4170. The van der Waals surface area contributed by atoms with Crippen molar-refractivity contribution in [1.29, 1.82) is 0 Å². The Hall–Kier alpha value is -9.39. The van der Waals surface area contributed by atoms with Crippen LogP contribution in [0.2, 0.25) is 0 Å². The van der Waals surface area contributed by atoms with Crippen LogP contribution in [0.15, 0.2) is 235 Å². The average molecular weight is 895 g/mol. The first-order chi connectivity index (χ1) is 34.7. The molecule has 0 radical (unpaired) electrons. The van der Waals surface area contributed by atoms with E-state index in [1.165, 1.54) is 5.56 Å². The summed E-state index contributed by atoms with van der Waals surface area (Å²) in [5.74, 6) is 3.53. The van der Waals surface area contributed by atoms with Crippen molar-refractivity contribution in [1.82, 2.24) is 19.5 Å². The molecule has 0 amide bonds. The van der Waals surface area contributed by atoms with Crippen molar-refractivity contribution in [3.05, 3.63) is 253 Å². The number of ether oxygens (including phenoxy) is 1. The predicted molar refractivity (Wildman–Crippen MR) is 281 cm³/mol. The zero-order valence-corrected chi connectivity index (χ0v) is 37.5. The van der Waals surface area contributed by atoms with Crippen LogP contribution in [0, 0.1) is 0 Å². The van der Waals surface area contributed by atoms with Crippen LogP contribution >= 0.6 is 0 Å². The summed E-state index contributed by atoms with van der Waals surface area (Å²) >= 11 is 0. The number of nitrogens with zero attached hydrogens (tertiary/aromatic N) is 4. The third-order valence-electron chi connectivity index (χ3n) is 14.5. The first-order valence-corrected chi connectivity index (χ1v) is 23.7. The van der Waals surface area contributed by atoms with Gasteiger partial charge in [-0.25, -0.2) is 15.0 Å². The molecule has 4 heterocycles. The van der Waals surface area contributed by atoms with Crippen molar-refractivity contribution in [2.24, 2.45) is 0 Å². The second-order valence-electron chi connectivity index (χ2n) is 18.2. The van der Waals surface area contributed by atoms with Gasteiger partial charge in [0.1, 0.15) is 22.7 Å². The molecular formula is C64H38N4O2. The predicted octanol–water partition coefficient (Wildman–Crippen LogP) is 16.0. The number of hydrogen-bond acceptors (Lipinski definition) is 5. The van der Waals surface area contributed by atoms with Gasteiger partial charge in [-0.3, -0.25) is 0 Å².